The van der Waals surface area contributed by atoms with Crippen molar-refractivity contribution in [3.05, 3.63) is 6.20 Å². The molecule has 0 aliphatic heterocycles. The summed E-state index contributed by atoms with van der Waals surface area (Å²) in [6, 6.07) is 0. The smallest absolute Gasteiger partial charge is 0.220 e. The summed E-state index contributed by atoms with van der Waals surface area (Å²) in [5.41, 5.74) is 0.799. The Labute approximate surface area is 153 Å². The minimum absolute atomic E-state index is 0.0945. The molecule has 0 unspecified atom stereocenters. The summed E-state index contributed by atoms with van der Waals surface area (Å²) >= 11 is 1.51. The summed E-state index contributed by atoms with van der Waals surface area (Å²) in [7, 11) is 0. The van der Waals surface area contributed by atoms with Crippen molar-refractivity contribution in [1.29, 1.82) is 0 Å². The van der Waals surface area contributed by atoms with Crippen LogP contribution in [0.2, 0.25) is 0 Å². The zero-order chi connectivity index (χ0) is 18.2. The van der Waals surface area contributed by atoms with Crippen LogP contribution >= 0.6 is 11.8 Å². The molecule has 8 heteroatoms. The highest BCUT2D eigenvalue weighted by molar-refractivity contribution is 7.98. The molecule has 2 aromatic heterocycles. The Bertz CT molecular complexity index is 700. The molecule has 0 aromatic carbocycles. The third-order valence-electron chi connectivity index (χ3n) is 3.74. The van der Waals surface area contributed by atoms with E-state index in [2.05, 4.69) is 46.5 Å². The molecule has 25 heavy (non-hydrogen) atoms. The quantitative estimate of drug-likeness (QED) is 0.498. The number of nitrogens with one attached hydrogen (secondary N) is 2. The van der Waals surface area contributed by atoms with E-state index < -0.39 is 0 Å². The van der Waals surface area contributed by atoms with Gasteiger partial charge in [0.15, 0.2) is 10.8 Å². The molecule has 2 aromatic rings. The Morgan fingerprint density at radius 3 is 2.84 bits per heavy atom. The van der Waals surface area contributed by atoms with Gasteiger partial charge in [0.2, 0.25) is 5.91 Å². The highest BCUT2D eigenvalue weighted by atomic mass is 32.2. The van der Waals surface area contributed by atoms with E-state index in [1.54, 1.807) is 6.20 Å². The number of aromatic nitrogens is 4. The number of hydrogen-bond donors (Lipinski definition) is 2. The van der Waals surface area contributed by atoms with Crippen LogP contribution in [0, 0.1) is 5.92 Å². The summed E-state index contributed by atoms with van der Waals surface area (Å²) < 4.78 is 1.83. The monoisotopic (exact) mass is 364 g/mol. The fourth-order valence-corrected chi connectivity index (χ4v) is 2.71. The molecule has 0 bridgehead atoms. The van der Waals surface area contributed by atoms with Crippen molar-refractivity contribution in [2.75, 3.05) is 24.7 Å². The van der Waals surface area contributed by atoms with Crippen molar-refractivity contribution in [3.63, 3.8) is 0 Å². The molecule has 2 rings (SSSR count). The lowest BCUT2D eigenvalue weighted by molar-refractivity contribution is -0.121. The standard InChI is InChI=1S/C17H28N6OS/c1-5-6-7-14(24)18-8-9-23-16-13(11-20-23)15(19-10-12(2)3)21-17(22-16)25-4/h11-12H,5-10H2,1-4H3,(H,18,24)(H,19,21,22). The first kappa shape index (κ1) is 19.5. The molecular formula is C17H28N6OS. The lowest BCUT2D eigenvalue weighted by Crippen LogP contribution is -2.27. The fourth-order valence-electron chi connectivity index (χ4n) is 2.35. The number of thioether (sulfide) groups is 1. The molecule has 0 fully saturated rings. The van der Waals surface area contributed by atoms with Crippen molar-refractivity contribution >= 4 is 34.5 Å². The molecule has 0 radical (unpaired) electrons. The lowest BCUT2D eigenvalue weighted by atomic mass is 10.2. The average Bonchev–Trinajstić information content (AvgIpc) is 3.00. The molecular weight excluding hydrogens is 336 g/mol. The Hall–Kier alpha value is -1.83. The molecule has 0 aliphatic rings. The highest BCUT2D eigenvalue weighted by Gasteiger charge is 2.13. The van der Waals surface area contributed by atoms with Gasteiger partial charge >= 0.3 is 0 Å². The highest BCUT2D eigenvalue weighted by Crippen LogP contribution is 2.23. The molecule has 0 spiro atoms. The van der Waals surface area contributed by atoms with Gasteiger partial charge in [-0.15, -0.1) is 0 Å². The summed E-state index contributed by atoms with van der Waals surface area (Å²) in [6.07, 6.45) is 6.28. The van der Waals surface area contributed by atoms with E-state index >= 15 is 0 Å². The molecule has 0 saturated carbocycles. The zero-order valence-electron chi connectivity index (χ0n) is 15.5. The first-order valence-electron chi connectivity index (χ1n) is 8.83. The number of hydrogen-bond acceptors (Lipinski definition) is 6. The van der Waals surface area contributed by atoms with Gasteiger partial charge in [-0.3, -0.25) is 4.79 Å². The van der Waals surface area contributed by atoms with Crippen LogP contribution in [0.5, 0.6) is 0 Å². The topological polar surface area (TPSA) is 84.7 Å². The molecule has 2 heterocycles. The van der Waals surface area contributed by atoms with Crippen LogP contribution in [-0.4, -0.2) is 45.0 Å². The van der Waals surface area contributed by atoms with Crippen LogP contribution < -0.4 is 10.6 Å². The van der Waals surface area contributed by atoms with Gasteiger partial charge in [0.25, 0.3) is 0 Å². The van der Waals surface area contributed by atoms with E-state index in [1.807, 2.05) is 10.9 Å². The summed E-state index contributed by atoms with van der Waals surface area (Å²) in [5.74, 6) is 1.44. The number of anilines is 1. The van der Waals surface area contributed by atoms with E-state index in [-0.39, 0.29) is 5.91 Å². The number of fused-ring (bicyclic) bond motifs is 1. The molecule has 0 saturated heterocycles. The number of unbranched alkanes of at least 4 members (excludes halogenated alkanes) is 1. The summed E-state index contributed by atoms with van der Waals surface area (Å²) in [6.45, 7) is 8.38. The van der Waals surface area contributed by atoms with Crippen LogP contribution in [0.25, 0.3) is 11.0 Å². The number of carbonyl (C=O) groups is 1. The largest absolute Gasteiger partial charge is 0.369 e. The fraction of sp³-hybridized carbons (Fsp3) is 0.647. The number of carbonyl (C=O) groups excluding carboxylic acids is 1. The maximum atomic E-state index is 11.7. The predicted octanol–water partition coefficient (Wildman–Crippen LogP) is 2.92. The van der Waals surface area contributed by atoms with Gasteiger partial charge in [0, 0.05) is 19.5 Å². The average molecular weight is 365 g/mol. The van der Waals surface area contributed by atoms with Crippen molar-refractivity contribution in [2.45, 2.75) is 51.7 Å². The van der Waals surface area contributed by atoms with Crippen LogP contribution in [-0.2, 0) is 11.3 Å². The minimum atomic E-state index is 0.0945. The molecule has 1 amide bonds. The van der Waals surface area contributed by atoms with E-state index in [0.717, 1.165) is 36.2 Å². The molecule has 7 nitrogen and oxygen atoms in total. The molecule has 0 aliphatic carbocycles. The van der Waals surface area contributed by atoms with Crippen molar-refractivity contribution < 1.29 is 4.79 Å². The Balaban J connectivity index is 2.10. The predicted molar refractivity (Wildman–Crippen MR) is 103 cm³/mol. The summed E-state index contributed by atoms with van der Waals surface area (Å²) in [4.78, 5) is 20.9. The van der Waals surface area contributed by atoms with E-state index in [1.165, 1.54) is 11.8 Å². The normalized spacial score (nSPS) is 11.2. The molecule has 0 atom stereocenters. The second kappa shape index (κ2) is 9.60. The lowest BCUT2D eigenvalue weighted by Gasteiger charge is -2.10. The van der Waals surface area contributed by atoms with Gasteiger partial charge in [0.05, 0.1) is 18.1 Å². The molecule has 138 valence electrons. The van der Waals surface area contributed by atoms with E-state index in [0.29, 0.717) is 30.6 Å². The third kappa shape index (κ3) is 5.59. The number of rotatable bonds is 10. The number of nitrogens with zero attached hydrogens (tertiary/aromatic N) is 4. The van der Waals surface area contributed by atoms with Gasteiger partial charge < -0.3 is 10.6 Å². The Kier molecular flexibility index (Phi) is 7.49. The maximum Gasteiger partial charge on any atom is 0.220 e. The van der Waals surface area contributed by atoms with E-state index in [9.17, 15) is 4.79 Å². The van der Waals surface area contributed by atoms with Gasteiger partial charge in [-0.2, -0.15) is 5.10 Å². The van der Waals surface area contributed by atoms with Crippen LogP contribution in [0.1, 0.15) is 40.0 Å². The van der Waals surface area contributed by atoms with Crippen molar-refractivity contribution in [3.8, 4) is 0 Å². The van der Waals surface area contributed by atoms with Gasteiger partial charge in [-0.25, -0.2) is 14.6 Å². The van der Waals surface area contributed by atoms with Gasteiger partial charge in [-0.05, 0) is 18.6 Å². The third-order valence-corrected chi connectivity index (χ3v) is 4.29. The first-order chi connectivity index (χ1) is 12.0. The second-order valence-corrected chi connectivity index (χ2v) is 7.17. The van der Waals surface area contributed by atoms with Crippen LogP contribution in [0.15, 0.2) is 11.4 Å². The van der Waals surface area contributed by atoms with Crippen LogP contribution in [0.3, 0.4) is 0 Å². The summed E-state index contributed by atoms with van der Waals surface area (Å²) in [5, 5.41) is 12.4. The first-order valence-corrected chi connectivity index (χ1v) is 10.1. The second-order valence-electron chi connectivity index (χ2n) is 6.39. The zero-order valence-corrected chi connectivity index (χ0v) is 16.3. The van der Waals surface area contributed by atoms with Crippen molar-refractivity contribution in [1.82, 2.24) is 25.1 Å². The molecule has 2 N–H and O–H groups in total. The maximum absolute atomic E-state index is 11.7. The number of amides is 1. The van der Waals surface area contributed by atoms with E-state index in [4.69, 9.17) is 0 Å². The Morgan fingerprint density at radius 2 is 2.16 bits per heavy atom. The Morgan fingerprint density at radius 1 is 1.36 bits per heavy atom. The van der Waals surface area contributed by atoms with Crippen LogP contribution in [0.4, 0.5) is 5.82 Å². The minimum Gasteiger partial charge on any atom is -0.369 e. The SMILES string of the molecule is CCCCC(=O)NCCn1ncc2c(NCC(C)C)nc(SC)nc21. The van der Waals surface area contributed by atoms with Crippen molar-refractivity contribution in [2.24, 2.45) is 5.92 Å². The van der Waals surface area contributed by atoms with Gasteiger partial charge in [0.1, 0.15) is 5.82 Å². The van der Waals surface area contributed by atoms with Gasteiger partial charge in [-0.1, -0.05) is 39.0 Å².